The second kappa shape index (κ2) is 6.33. The normalized spacial score (nSPS) is 14.2. The Labute approximate surface area is 150 Å². The Kier molecular flexibility index (Phi) is 4.01. The highest BCUT2D eigenvalue weighted by atomic mass is 35.5. The molecule has 0 N–H and O–H groups in total. The van der Waals surface area contributed by atoms with E-state index in [9.17, 15) is 4.79 Å². The average Bonchev–Trinajstić information content (AvgIpc) is 3.01. The lowest BCUT2D eigenvalue weighted by atomic mass is 10.1. The number of aromatic nitrogens is 3. The molecular weight excluding hydrogens is 336 g/mol. The summed E-state index contributed by atoms with van der Waals surface area (Å²) in [5.74, 6) is -0.0256. The first-order valence-electron chi connectivity index (χ1n) is 8.16. The Hall–Kier alpha value is -2.66. The van der Waals surface area contributed by atoms with E-state index in [0.717, 1.165) is 34.6 Å². The predicted octanol–water partition coefficient (Wildman–Crippen LogP) is 3.29. The van der Waals surface area contributed by atoms with Crippen LogP contribution in [0.25, 0.3) is 11.7 Å². The number of hydrogen-bond donors (Lipinski definition) is 0. The van der Waals surface area contributed by atoms with Crippen LogP contribution in [0.5, 0.6) is 0 Å². The summed E-state index contributed by atoms with van der Waals surface area (Å²) in [5.41, 5.74) is 4.82. The lowest BCUT2D eigenvalue weighted by molar-refractivity contribution is -0.126. The van der Waals surface area contributed by atoms with Gasteiger partial charge in [-0.1, -0.05) is 29.8 Å². The molecule has 0 saturated heterocycles. The second-order valence-corrected chi connectivity index (χ2v) is 6.56. The third-order valence-electron chi connectivity index (χ3n) is 4.39. The molecule has 0 atom stereocenters. The molecule has 126 valence electrons. The molecule has 2 aromatic heterocycles. The molecule has 1 aromatic carbocycles. The molecule has 0 spiro atoms. The topological polar surface area (TPSA) is 50.5 Å². The van der Waals surface area contributed by atoms with E-state index in [2.05, 4.69) is 10.1 Å². The van der Waals surface area contributed by atoms with Crippen LogP contribution in [0.3, 0.4) is 0 Å². The van der Waals surface area contributed by atoms with Crippen molar-refractivity contribution in [1.29, 1.82) is 0 Å². The highest BCUT2D eigenvalue weighted by Gasteiger charge is 2.22. The summed E-state index contributed by atoms with van der Waals surface area (Å²) < 4.78 is 1.89. The van der Waals surface area contributed by atoms with Crippen LogP contribution < -0.4 is 0 Å². The number of nitrogens with zero attached hydrogens (tertiary/aromatic N) is 4. The summed E-state index contributed by atoms with van der Waals surface area (Å²) in [6, 6.07) is 9.43. The first kappa shape index (κ1) is 15.8. The van der Waals surface area contributed by atoms with Crippen molar-refractivity contribution >= 4 is 29.2 Å². The maximum absolute atomic E-state index is 12.5. The third-order valence-corrected chi connectivity index (χ3v) is 4.74. The summed E-state index contributed by atoms with van der Waals surface area (Å²) >= 11 is 6.12. The standard InChI is InChI=1S/C19H17ClN4O/c1-13-10-18-21-11-15-12-23(9-8-17(15)24(18)22-13)19(25)7-6-14-4-2-3-5-16(14)20/h2-7,10-11H,8-9,12H2,1H3/b7-6+. The summed E-state index contributed by atoms with van der Waals surface area (Å²) in [7, 11) is 0. The molecule has 1 aliphatic heterocycles. The number of benzene rings is 1. The van der Waals surface area contributed by atoms with E-state index >= 15 is 0 Å². The van der Waals surface area contributed by atoms with Gasteiger partial charge in [0, 0.05) is 48.4 Å². The van der Waals surface area contributed by atoms with Gasteiger partial charge in [0.25, 0.3) is 0 Å². The van der Waals surface area contributed by atoms with Crippen molar-refractivity contribution in [3.05, 3.63) is 70.1 Å². The van der Waals surface area contributed by atoms with Crippen molar-refractivity contribution in [2.75, 3.05) is 6.54 Å². The maximum Gasteiger partial charge on any atom is 0.246 e. The van der Waals surface area contributed by atoms with Gasteiger partial charge < -0.3 is 4.90 Å². The van der Waals surface area contributed by atoms with Crippen LogP contribution in [-0.2, 0) is 17.8 Å². The highest BCUT2D eigenvalue weighted by molar-refractivity contribution is 6.32. The number of fused-ring (bicyclic) bond motifs is 3. The zero-order valence-corrected chi connectivity index (χ0v) is 14.6. The maximum atomic E-state index is 12.5. The average molecular weight is 353 g/mol. The van der Waals surface area contributed by atoms with Gasteiger partial charge in [-0.15, -0.1) is 0 Å². The van der Waals surface area contributed by atoms with Crippen molar-refractivity contribution in [1.82, 2.24) is 19.5 Å². The molecule has 0 aliphatic carbocycles. The lowest BCUT2D eigenvalue weighted by Gasteiger charge is -2.27. The third kappa shape index (κ3) is 3.03. The SMILES string of the molecule is Cc1cc2ncc3c(n2n1)CCN(C(=O)/C=C/c1ccccc1Cl)C3. The monoisotopic (exact) mass is 352 g/mol. The molecule has 6 heteroatoms. The fourth-order valence-electron chi connectivity index (χ4n) is 3.12. The van der Waals surface area contributed by atoms with Gasteiger partial charge in [-0.05, 0) is 24.6 Å². The number of halogens is 1. The van der Waals surface area contributed by atoms with Crippen LogP contribution >= 0.6 is 11.6 Å². The zero-order valence-electron chi connectivity index (χ0n) is 13.8. The van der Waals surface area contributed by atoms with Crippen molar-refractivity contribution in [3.8, 4) is 0 Å². The van der Waals surface area contributed by atoms with Crippen molar-refractivity contribution in [2.24, 2.45) is 0 Å². The fourth-order valence-corrected chi connectivity index (χ4v) is 3.32. The van der Waals surface area contributed by atoms with Crippen LogP contribution in [0.15, 0.2) is 42.6 Å². The zero-order chi connectivity index (χ0) is 17.4. The second-order valence-electron chi connectivity index (χ2n) is 6.15. The molecule has 25 heavy (non-hydrogen) atoms. The molecule has 4 rings (SSSR count). The number of hydrogen-bond acceptors (Lipinski definition) is 3. The van der Waals surface area contributed by atoms with Gasteiger partial charge >= 0.3 is 0 Å². The molecule has 3 aromatic rings. The van der Waals surface area contributed by atoms with Gasteiger partial charge in [-0.3, -0.25) is 4.79 Å². The molecule has 5 nitrogen and oxygen atoms in total. The minimum atomic E-state index is -0.0256. The van der Waals surface area contributed by atoms with Gasteiger partial charge in [0.1, 0.15) is 0 Å². The highest BCUT2D eigenvalue weighted by Crippen LogP contribution is 2.21. The van der Waals surface area contributed by atoms with E-state index in [1.54, 1.807) is 12.2 Å². The molecule has 0 radical (unpaired) electrons. The Morgan fingerprint density at radius 3 is 3.00 bits per heavy atom. The van der Waals surface area contributed by atoms with E-state index in [1.807, 2.05) is 52.9 Å². The summed E-state index contributed by atoms with van der Waals surface area (Å²) in [5, 5.41) is 5.14. The molecule has 0 unspecified atom stereocenters. The van der Waals surface area contributed by atoms with Gasteiger partial charge in [-0.2, -0.15) is 5.10 Å². The molecule has 0 saturated carbocycles. The summed E-state index contributed by atoms with van der Waals surface area (Å²) in [6.07, 6.45) is 5.96. The van der Waals surface area contributed by atoms with Crippen LogP contribution in [0.2, 0.25) is 5.02 Å². The van der Waals surface area contributed by atoms with Gasteiger partial charge in [-0.25, -0.2) is 9.50 Å². The van der Waals surface area contributed by atoms with Crippen LogP contribution in [0.4, 0.5) is 0 Å². The van der Waals surface area contributed by atoms with Gasteiger partial charge in [0.2, 0.25) is 5.91 Å². The van der Waals surface area contributed by atoms with Crippen molar-refractivity contribution < 1.29 is 4.79 Å². The molecule has 0 fully saturated rings. The van der Waals surface area contributed by atoms with E-state index in [1.165, 1.54) is 0 Å². The Morgan fingerprint density at radius 1 is 1.32 bits per heavy atom. The quantitative estimate of drug-likeness (QED) is 0.665. The van der Waals surface area contributed by atoms with E-state index in [-0.39, 0.29) is 5.91 Å². The molecule has 1 amide bonds. The Balaban J connectivity index is 1.55. The fraction of sp³-hybridized carbons (Fsp3) is 0.211. The molecule has 3 heterocycles. The number of carbonyl (C=O) groups is 1. The summed E-state index contributed by atoms with van der Waals surface area (Å²) in [6.45, 7) is 3.17. The molecule has 1 aliphatic rings. The minimum absolute atomic E-state index is 0.0256. The molecule has 0 bridgehead atoms. The smallest absolute Gasteiger partial charge is 0.246 e. The first-order chi connectivity index (χ1) is 12.1. The molecular formula is C19H17ClN4O. The number of carbonyl (C=O) groups excluding carboxylic acids is 1. The van der Waals surface area contributed by atoms with Crippen molar-refractivity contribution in [2.45, 2.75) is 19.9 Å². The lowest BCUT2D eigenvalue weighted by Crippen LogP contribution is -2.36. The predicted molar refractivity (Wildman–Crippen MR) is 97.3 cm³/mol. The Morgan fingerprint density at radius 2 is 2.16 bits per heavy atom. The van der Waals surface area contributed by atoms with Crippen LogP contribution in [-0.4, -0.2) is 31.9 Å². The van der Waals surface area contributed by atoms with E-state index < -0.39 is 0 Å². The van der Waals surface area contributed by atoms with Gasteiger partial charge in [0.15, 0.2) is 5.65 Å². The van der Waals surface area contributed by atoms with E-state index in [0.29, 0.717) is 18.1 Å². The van der Waals surface area contributed by atoms with Crippen molar-refractivity contribution in [3.63, 3.8) is 0 Å². The Bertz CT molecular complexity index is 992. The number of aryl methyl sites for hydroxylation is 1. The number of amides is 1. The van der Waals surface area contributed by atoms with E-state index in [4.69, 9.17) is 11.6 Å². The van der Waals surface area contributed by atoms with Crippen LogP contribution in [0.1, 0.15) is 22.5 Å². The van der Waals surface area contributed by atoms with Crippen LogP contribution in [0, 0.1) is 6.92 Å². The first-order valence-corrected chi connectivity index (χ1v) is 8.54. The minimum Gasteiger partial charge on any atom is -0.334 e. The number of rotatable bonds is 2. The largest absolute Gasteiger partial charge is 0.334 e. The van der Waals surface area contributed by atoms with Gasteiger partial charge in [0.05, 0.1) is 11.4 Å². The summed E-state index contributed by atoms with van der Waals surface area (Å²) in [4.78, 5) is 18.8.